The Kier molecular flexibility index (Phi) is 6.10. The van der Waals surface area contributed by atoms with E-state index in [-0.39, 0.29) is 24.7 Å². The van der Waals surface area contributed by atoms with Crippen LogP contribution >= 0.6 is 0 Å². The number of halogens is 1. The number of nitrogens with one attached hydrogen (secondary N) is 1. The second-order valence-corrected chi connectivity index (χ2v) is 4.61. The van der Waals surface area contributed by atoms with Crippen molar-refractivity contribution in [2.45, 2.75) is 19.3 Å². The number of amides is 1. The van der Waals surface area contributed by atoms with Crippen LogP contribution in [0.2, 0.25) is 0 Å². The number of carbonyl (C=O) groups excluding carboxylic acids is 2. The average molecular weight is 286 g/mol. The van der Waals surface area contributed by atoms with E-state index in [0.29, 0.717) is 0 Å². The Bertz CT molecular complexity index is 596. The fraction of sp³-hybridized carbons (Fsp3) is 0.312. The summed E-state index contributed by atoms with van der Waals surface area (Å²) in [5, 5.41) is 11.3. The summed E-state index contributed by atoms with van der Waals surface area (Å²) in [6.45, 7) is 1.75. The van der Waals surface area contributed by atoms with Crippen LogP contribution in [0.4, 0.5) is 4.39 Å². The van der Waals surface area contributed by atoms with Crippen LogP contribution in [0.15, 0.2) is 24.3 Å². The quantitative estimate of drug-likeness (QED) is 0.640. The third-order valence-electron chi connectivity index (χ3n) is 3.02. The van der Waals surface area contributed by atoms with E-state index in [0.717, 1.165) is 5.56 Å². The van der Waals surface area contributed by atoms with Crippen LogP contribution in [0.5, 0.6) is 0 Å². The number of rotatable bonds is 6. The predicted molar refractivity (Wildman–Crippen MR) is 75.4 cm³/mol. The highest BCUT2D eigenvalue weighted by molar-refractivity contribution is 6.04. The molecule has 0 heterocycles. The normalized spacial score (nSPS) is 12.6. The zero-order chi connectivity index (χ0) is 15.8. The first-order chi connectivity index (χ1) is 9.99. The first kappa shape index (κ1) is 16.4. The maximum atomic E-state index is 12.8. The molecule has 5 heteroatoms. The predicted octanol–water partition coefficient (Wildman–Crippen LogP) is 1.78. The van der Waals surface area contributed by atoms with E-state index in [1.807, 2.05) is 0 Å². The molecule has 1 aromatic carbocycles. The lowest BCUT2D eigenvalue weighted by Gasteiger charge is -2.13. The van der Waals surface area contributed by atoms with Gasteiger partial charge in [0.05, 0.1) is 12.6 Å². The molecule has 1 N–H and O–H groups in total. The third kappa shape index (κ3) is 4.74. The van der Waals surface area contributed by atoms with E-state index in [1.165, 1.54) is 12.1 Å². The van der Waals surface area contributed by atoms with Crippen LogP contribution in [0, 0.1) is 35.4 Å². The van der Waals surface area contributed by atoms with Crippen molar-refractivity contribution in [2.75, 3.05) is 6.54 Å². The Hall–Kier alpha value is -2.66. The highest BCUT2D eigenvalue weighted by Crippen LogP contribution is 2.21. The first-order valence-electron chi connectivity index (χ1n) is 6.38. The molecular weight excluding hydrogens is 271 g/mol. The Balaban J connectivity index is 2.70. The molecule has 0 aromatic heterocycles. The van der Waals surface area contributed by atoms with E-state index >= 15 is 0 Å². The molecule has 1 rings (SSSR count). The molecule has 0 aliphatic rings. The Morgan fingerprint density at radius 3 is 2.52 bits per heavy atom. The molecule has 0 unspecified atom stereocenters. The van der Waals surface area contributed by atoms with Crippen LogP contribution in [-0.4, -0.2) is 18.2 Å². The van der Waals surface area contributed by atoms with Crippen molar-refractivity contribution in [1.82, 2.24) is 5.32 Å². The zero-order valence-electron chi connectivity index (χ0n) is 11.6. The summed E-state index contributed by atoms with van der Waals surface area (Å²) >= 11 is 0. The highest BCUT2D eigenvalue weighted by atomic mass is 19.1. The molecule has 21 heavy (non-hydrogen) atoms. The van der Waals surface area contributed by atoms with Gasteiger partial charge in [-0.2, -0.15) is 5.26 Å². The molecule has 0 radical (unpaired) electrons. The average Bonchev–Trinajstić information content (AvgIpc) is 2.46. The van der Waals surface area contributed by atoms with Crippen molar-refractivity contribution in [2.24, 2.45) is 5.92 Å². The number of nitrogens with zero attached hydrogens (tertiary/aromatic N) is 1. The molecule has 0 bridgehead atoms. The van der Waals surface area contributed by atoms with Crippen molar-refractivity contribution in [3.05, 3.63) is 35.6 Å². The monoisotopic (exact) mass is 286 g/mol. The number of carbonyl (C=O) groups is 2. The van der Waals surface area contributed by atoms with Crippen LogP contribution in [-0.2, 0) is 9.59 Å². The Labute approximate surface area is 123 Å². The van der Waals surface area contributed by atoms with Crippen molar-refractivity contribution in [3.8, 4) is 18.4 Å². The second kappa shape index (κ2) is 7.81. The number of hydrogen-bond donors (Lipinski definition) is 1. The molecule has 0 aliphatic heterocycles. The number of benzene rings is 1. The third-order valence-corrected chi connectivity index (χ3v) is 3.02. The minimum atomic E-state index is -1.37. The molecule has 0 saturated heterocycles. The van der Waals surface area contributed by atoms with Crippen molar-refractivity contribution < 1.29 is 14.0 Å². The lowest BCUT2D eigenvalue weighted by atomic mass is 9.91. The zero-order valence-corrected chi connectivity index (χ0v) is 11.6. The van der Waals surface area contributed by atoms with Crippen LogP contribution in [0.25, 0.3) is 0 Å². The van der Waals surface area contributed by atoms with E-state index in [9.17, 15) is 14.0 Å². The van der Waals surface area contributed by atoms with Crippen molar-refractivity contribution >= 4 is 11.7 Å². The standard InChI is InChI=1S/C16H15FN2O2/c1-3-8-19-16(21)14(10-18)15(20)9-11(2)12-4-6-13(17)7-5-12/h1,4-7,11,14H,8-9H2,2H3,(H,19,21)/t11-,14-/m0/s1. The van der Waals surface area contributed by atoms with E-state index in [1.54, 1.807) is 25.1 Å². The van der Waals surface area contributed by atoms with Crippen molar-refractivity contribution in [1.29, 1.82) is 5.26 Å². The summed E-state index contributed by atoms with van der Waals surface area (Å²) in [5.41, 5.74) is 0.769. The smallest absolute Gasteiger partial charge is 0.245 e. The second-order valence-electron chi connectivity index (χ2n) is 4.61. The summed E-state index contributed by atoms with van der Waals surface area (Å²) in [7, 11) is 0. The number of hydrogen-bond acceptors (Lipinski definition) is 3. The van der Waals surface area contributed by atoms with Gasteiger partial charge in [0.15, 0.2) is 11.7 Å². The fourth-order valence-electron chi connectivity index (χ4n) is 1.85. The fourth-order valence-corrected chi connectivity index (χ4v) is 1.85. The van der Waals surface area contributed by atoms with Gasteiger partial charge in [-0.05, 0) is 23.6 Å². The number of terminal acetylenes is 1. The van der Waals surface area contributed by atoms with E-state index < -0.39 is 17.6 Å². The van der Waals surface area contributed by atoms with Crippen LogP contribution in [0.1, 0.15) is 24.8 Å². The van der Waals surface area contributed by atoms with Gasteiger partial charge in [0.2, 0.25) is 5.91 Å². The minimum Gasteiger partial charge on any atom is -0.344 e. The summed E-state index contributed by atoms with van der Waals surface area (Å²) in [4.78, 5) is 23.7. The van der Waals surface area contributed by atoms with E-state index in [4.69, 9.17) is 11.7 Å². The number of nitriles is 1. The van der Waals surface area contributed by atoms with Crippen molar-refractivity contribution in [3.63, 3.8) is 0 Å². The molecule has 4 nitrogen and oxygen atoms in total. The highest BCUT2D eigenvalue weighted by Gasteiger charge is 2.27. The summed E-state index contributed by atoms with van der Waals surface area (Å²) in [6.07, 6.45) is 5.02. The minimum absolute atomic E-state index is 0.0212. The van der Waals surface area contributed by atoms with Gasteiger partial charge in [-0.15, -0.1) is 6.42 Å². The summed E-state index contributed by atoms with van der Waals surface area (Å²) in [6, 6.07) is 7.45. The summed E-state index contributed by atoms with van der Waals surface area (Å²) in [5.74, 6) is -0.918. The first-order valence-corrected chi connectivity index (χ1v) is 6.38. The topological polar surface area (TPSA) is 70.0 Å². The van der Waals surface area contributed by atoms with Gasteiger partial charge in [-0.3, -0.25) is 9.59 Å². The molecule has 1 aromatic rings. The Morgan fingerprint density at radius 2 is 2.00 bits per heavy atom. The van der Waals surface area contributed by atoms with Crippen LogP contribution in [0.3, 0.4) is 0 Å². The molecule has 108 valence electrons. The molecular formula is C16H15FN2O2. The maximum Gasteiger partial charge on any atom is 0.245 e. The van der Waals surface area contributed by atoms with Crippen LogP contribution < -0.4 is 5.32 Å². The molecule has 0 saturated carbocycles. The van der Waals surface area contributed by atoms with E-state index in [2.05, 4.69) is 11.2 Å². The van der Waals surface area contributed by atoms with Gasteiger partial charge in [0.1, 0.15) is 5.82 Å². The summed E-state index contributed by atoms with van der Waals surface area (Å²) < 4.78 is 12.8. The van der Waals surface area contributed by atoms with Gasteiger partial charge in [0, 0.05) is 6.42 Å². The SMILES string of the molecule is C#CCNC(=O)[C@@H](C#N)C(=O)C[C@H](C)c1ccc(F)cc1. The number of Topliss-reactive ketones (excluding diaryl/α,β-unsaturated/α-hetero) is 1. The largest absolute Gasteiger partial charge is 0.344 e. The van der Waals surface area contributed by atoms with Gasteiger partial charge in [-0.25, -0.2) is 4.39 Å². The molecule has 0 aliphatic carbocycles. The van der Waals surface area contributed by atoms with Gasteiger partial charge >= 0.3 is 0 Å². The van der Waals surface area contributed by atoms with Gasteiger partial charge in [0.25, 0.3) is 0 Å². The Morgan fingerprint density at radius 1 is 1.38 bits per heavy atom. The molecule has 0 fully saturated rings. The molecule has 2 atom stereocenters. The molecule has 0 spiro atoms. The van der Waals surface area contributed by atoms with Gasteiger partial charge < -0.3 is 5.32 Å². The van der Waals surface area contributed by atoms with Gasteiger partial charge in [-0.1, -0.05) is 25.0 Å². The molecule has 1 amide bonds. The lowest BCUT2D eigenvalue weighted by molar-refractivity contribution is -0.131. The lowest BCUT2D eigenvalue weighted by Crippen LogP contribution is -2.35. The number of ketones is 1. The maximum absolute atomic E-state index is 12.8.